The summed E-state index contributed by atoms with van der Waals surface area (Å²) < 4.78 is 15.0. The van der Waals surface area contributed by atoms with E-state index in [1.165, 1.54) is 42.2 Å². The van der Waals surface area contributed by atoms with Crippen molar-refractivity contribution in [2.75, 3.05) is 11.1 Å². The van der Waals surface area contributed by atoms with Gasteiger partial charge in [0.2, 0.25) is 5.91 Å². The summed E-state index contributed by atoms with van der Waals surface area (Å²) in [7, 11) is 0. The fraction of sp³-hybridized carbons (Fsp3) is 0.200. The maximum absolute atomic E-state index is 13.4. The second kappa shape index (κ2) is 9.90. The van der Waals surface area contributed by atoms with Crippen LogP contribution in [0.15, 0.2) is 58.5 Å². The highest BCUT2D eigenvalue weighted by molar-refractivity contribution is 7.99. The number of rotatable bonds is 7. The number of amides is 1. The number of carbonyl (C=O) groups excluding carboxylic acids is 2. The quantitative estimate of drug-likeness (QED) is 0.207. The van der Waals surface area contributed by atoms with Crippen LogP contribution < -0.4 is 10.9 Å². The van der Waals surface area contributed by atoms with E-state index < -0.39 is 0 Å². The third kappa shape index (κ3) is 4.80. The summed E-state index contributed by atoms with van der Waals surface area (Å²) in [6, 6.07) is 12.8. The minimum atomic E-state index is -0.338. The SMILES string of the molecule is CCn1c(SCC(=O)Nc2cccc(C(C)=O)c2)nc2sc(C)c(-c3ccc(F)cc3)c2c1=O. The summed E-state index contributed by atoms with van der Waals surface area (Å²) in [6.07, 6.45) is 0. The second-order valence-electron chi connectivity index (χ2n) is 7.64. The monoisotopic (exact) mass is 495 g/mol. The van der Waals surface area contributed by atoms with Crippen molar-refractivity contribution in [3.8, 4) is 11.1 Å². The molecule has 174 valence electrons. The van der Waals surface area contributed by atoms with Crippen LogP contribution in [0.2, 0.25) is 0 Å². The van der Waals surface area contributed by atoms with Crippen LogP contribution in [0, 0.1) is 12.7 Å². The fourth-order valence-corrected chi connectivity index (χ4v) is 5.62. The zero-order chi connectivity index (χ0) is 24.4. The highest BCUT2D eigenvalue weighted by Gasteiger charge is 2.20. The Bertz CT molecular complexity index is 1460. The molecule has 34 heavy (non-hydrogen) atoms. The average Bonchev–Trinajstić information content (AvgIpc) is 3.14. The highest BCUT2D eigenvalue weighted by Crippen LogP contribution is 2.36. The number of halogens is 1. The minimum absolute atomic E-state index is 0.0530. The van der Waals surface area contributed by atoms with Crippen LogP contribution in [0.3, 0.4) is 0 Å². The zero-order valence-corrected chi connectivity index (χ0v) is 20.5. The standard InChI is InChI=1S/C25H22FN3O3S2/c1-4-29-24(32)22-21(16-8-10-18(26)11-9-16)15(3)34-23(22)28-25(29)33-13-20(31)27-19-7-5-6-17(12-19)14(2)30/h5-12H,4,13H2,1-3H3,(H,27,31). The van der Waals surface area contributed by atoms with Gasteiger partial charge in [0.05, 0.1) is 11.1 Å². The molecule has 0 fully saturated rings. The van der Waals surface area contributed by atoms with Crippen LogP contribution in [-0.4, -0.2) is 27.0 Å². The van der Waals surface area contributed by atoms with Gasteiger partial charge in [0, 0.05) is 28.2 Å². The number of anilines is 1. The first kappa shape index (κ1) is 23.8. The number of fused-ring (bicyclic) bond motifs is 1. The normalized spacial score (nSPS) is 11.1. The van der Waals surface area contributed by atoms with Gasteiger partial charge in [0.1, 0.15) is 10.6 Å². The summed E-state index contributed by atoms with van der Waals surface area (Å²) in [4.78, 5) is 43.7. The van der Waals surface area contributed by atoms with Crippen molar-refractivity contribution >= 4 is 50.7 Å². The number of benzene rings is 2. The molecule has 1 amide bonds. The number of hydrogen-bond acceptors (Lipinski definition) is 6. The van der Waals surface area contributed by atoms with Crippen molar-refractivity contribution in [1.29, 1.82) is 0 Å². The summed E-state index contributed by atoms with van der Waals surface area (Å²) >= 11 is 2.58. The van der Waals surface area contributed by atoms with Gasteiger partial charge >= 0.3 is 0 Å². The maximum atomic E-state index is 13.4. The minimum Gasteiger partial charge on any atom is -0.325 e. The average molecular weight is 496 g/mol. The van der Waals surface area contributed by atoms with E-state index in [-0.39, 0.29) is 28.8 Å². The molecule has 0 aliphatic heterocycles. The number of thioether (sulfide) groups is 1. The molecule has 0 atom stereocenters. The Morgan fingerprint density at radius 1 is 1.18 bits per heavy atom. The van der Waals surface area contributed by atoms with Crippen molar-refractivity contribution in [2.45, 2.75) is 32.5 Å². The van der Waals surface area contributed by atoms with Crippen molar-refractivity contribution in [2.24, 2.45) is 0 Å². The molecule has 6 nitrogen and oxygen atoms in total. The first-order valence-corrected chi connectivity index (χ1v) is 12.4. The summed E-state index contributed by atoms with van der Waals surface area (Å²) in [5.74, 6) is -0.634. The Balaban J connectivity index is 1.62. The molecule has 1 N–H and O–H groups in total. The van der Waals surface area contributed by atoms with Crippen LogP contribution in [0.5, 0.6) is 0 Å². The van der Waals surface area contributed by atoms with Crippen molar-refractivity contribution in [3.05, 3.63) is 75.1 Å². The number of aryl methyl sites for hydroxylation is 1. The zero-order valence-electron chi connectivity index (χ0n) is 18.8. The smallest absolute Gasteiger partial charge is 0.263 e. The Morgan fingerprint density at radius 2 is 1.91 bits per heavy atom. The molecular weight excluding hydrogens is 473 g/mol. The number of hydrogen-bond donors (Lipinski definition) is 1. The third-order valence-electron chi connectivity index (χ3n) is 5.29. The molecule has 4 rings (SSSR count). The molecule has 0 saturated heterocycles. The third-order valence-corrected chi connectivity index (χ3v) is 7.26. The van der Waals surface area contributed by atoms with Gasteiger partial charge in [-0.25, -0.2) is 9.37 Å². The number of nitrogens with one attached hydrogen (secondary N) is 1. The van der Waals surface area contributed by atoms with Gasteiger partial charge in [-0.15, -0.1) is 11.3 Å². The van der Waals surface area contributed by atoms with E-state index in [0.29, 0.717) is 33.2 Å². The molecule has 0 spiro atoms. The largest absolute Gasteiger partial charge is 0.325 e. The van der Waals surface area contributed by atoms with E-state index in [4.69, 9.17) is 4.98 Å². The van der Waals surface area contributed by atoms with Crippen LogP contribution in [-0.2, 0) is 11.3 Å². The predicted molar refractivity (Wildman–Crippen MR) is 135 cm³/mol. The Kier molecular flexibility index (Phi) is 6.95. The Hall–Kier alpha value is -3.30. The Morgan fingerprint density at radius 3 is 2.59 bits per heavy atom. The fourth-order valence-electron chi connectivity index (χ4n) is 3.67. The maximum Gasteiger partial charge on any atom is 0.263 e. The number of thiophene rings is 1. The molecule has 2 heterocycles. The molecule has 2 aromatic carbocycles. The van der Waals surface area contributed by atoms with E-state index in [2.05, 4.69) is 5.32 Å². The van der Waals surface area contributed by atoms with Gasteiger partial charge in [-0.05, 0) is 50.6 Å². The summed E-state index contributed by atoms with van der Waals surface area (Å²) in [5.41, 5.74) is 2.39. The molecule has 0 unspecified atom stereocenters. The van der Waals surface area contributed by atoms with E-state index in [0.717, 1.165) is 16.0 Å². The van der Waals surface area contributed by atoms with Crippen LogP contribution >= 0.6 is 23.1 Å². The predicted octanol–water partition coefficient (Wildman–Crippen LogP) is 5.53. The van der Waals surface area contributed by atoms with Gasteiger partial charge in [0.25, 0.3) is 5.56 Å². The number of aromatic nitrogens is 2. The molecule has 2 aromatic heterocycles. The lowest BCUT2D eigenvalue weighted by molar-refractivity contribution is -0.113. The number of Topliss-reactive ketones (excluding diaryl/α,β-unsaturated/α-hetero) is 1. The number of ketones is 1. The van der Waals surface area contributed by atoms with E-state index in [1.807, 2.05) is 13.8 Å². The number of nitrogens with zero attached hydrogens (tertiary/aromatic N) is 2. The molecule has 9 heteroatoms. The molecule has 0 bridgehead atoms. The van der Waals surface area contributed by atoms with Gasteiger partial charge in [-0.3, -0.25) is 19.0 Å². The molecule has 0 aliphatic carbocycles. The lowest BCUT2D eigenvalue weighted by Gasteiger charge is -2.11. The molecular formula is C25H22FN3O3S2. The first-order chi connectivity index (χ1) is 16.3. The van der Waals surface area contributed by atoms with Crippen LogP contribution in [0.25, 0.3) is 21.3 Å². The van der Waals surface area contributed by atoms with Gasteiger partial charge < -0.3 is 5.32 Å². The van der Waals surface area contributed by atoms with E-state index in [9.17, 15) is 18.8 Å². The van der Waals surface area contributed by atoms with E-state index >= 15 is 0 Å². The summed E-state index contributed by atoms with van der Waals surface area (Å²) in [6.45, 7) is 5.62. The lowest BCUT2D eigenvalue weighted by Crippen LogP contribution is -2.23. The van der Waals surface area contributed by atoms with Crippen LogP contribution in [0.4, 0.5) is 10.1 Å². The van der Waals surface area contributed by atoms with Crippen molar-refractivity contribution in [3.63, 3.8) is 0 Å². The van der Waals surface area contributed by atoms with Crippen LogP contribution in [0.1, 0.15) is 29.1 Å². The van der Waals surface area contributed by atoms with Crippen molar-refractivity contribution in [1.82, 2.24) is 9.55 Å². The molecule has 0 saturated carbocycles. The summed E-state index contributed by atoms with van der Waals surface area (Å²) in [5, 5.41) is 3.74. The Labute approximate surface area is 203 Å². The molecule has 0 aliphatic rings. The topological polar surface area (TPSA) is 81.1 Å². The van der Waals surface area contributed by atoms with Crippen molar-refractivity contribution < 1.29 is 14.0 Å². The molecule has 0 radical (unpaired) electrons. The first-order valence-electron chi connectivity index (χ1n) is 10.6. The second-order valence-corrected chi connectivity index (χ2v) is 9.78. The number of carbonyl (C=O) groups is 2. The van der Waals surface area contributed by atoms with Gasteiger partial charge in [-0.2, -0.15) is 0 Å². The molecule has 4 aromatic rings. The van der Waals surface area contributed by atoms with Gasteiger partial charge in [0.15, 0.2) is 10.9 Å². The highest BCUT2D eigenvalue weighted by atomic mass is 32.2. The van der Waals surface area contributed by atoms with Gasteiger partial charge in [-0.1, -0.05) is 36.0 Å². The van der Waals surface area contributed by atoms with E-state index in [1.54, 1.807) is 41.0 Å². The lowest BCUT2D eigenvalue weighted by atomic mass is 10.0.